The van der Waals surface area contributed by atoms with Crippen LogP contribution in [0.1, 0.15) is 13.3 Å². The summed E-state index contributed by atoms with van der Waals surface area (Å²) in [6, 6.07) is 0. The summed E-state index contributed by atoms with van der Waals surface area (Å²) in [5.41, 5.74) is 0. The van der Waals surface area contributed by atoms with E-state index in [-0.39, 0.29) is 12.2 Å². The van der Waals surface area contributed by atoms with Crippen molar-refractivity contribution in [1.29, 1.82) is 0 Å². The van der Waals surface area contributed by atoms with Gasteiger partial charge in [0.2, 0.25) is 0 Å². The van der Waals surface area contributed by atoms with Gasteiger partial charge in [0, 0.05) is 6.92 Å². The first-order valence-electron chi connectivity index (χ1n) is 1.90. The van der Waals surface area contributed by atoms with E-state index < -0.39 is 5.78 Å². The Balaban J connectivity index is 3.32. The summed E-state index contributed by atoms with van der Waals surface area (Å²) >= 11 is 0. The molecule has 2 radical (unpaired) electrons. The molecule has 2 nitrogen and oxygen atoms in total. The van der Waals surface area contributed by atoms with Gasteiger partial charge in [-0.05, 0) is 6.92 Å². The van der Waals surface area contributed by atoms with E-state index >= 15 is 0 Å². The van der Waals surface area contributed by atoms with E-state index in [2.05, 4.69) is 6.92 Å². The molecule has 0 aliphatic carbocycles. The average molecular weight is 98.1 g/mol. The topological polar surface area (TPSA) is 34.1 Å². The molecule has 0 aromatic heterocycles. The van der Waals surface area contributed by atoms with Crippen LogP contribution < -0.4 is 0 Å². The summed E-state index contributed by atoms with van der Waals surface area (Å²) in [6.07, 6.45) is -0.139. The van der Waals surface area contributed by atoms with E-state index in [1.165, 1.54) is 6.92 Å². The van der Waals surface area contributed by atoms with E-state index in [4.69, 9.17) is 0 Å². The molecule has 0 amide bonds. The SMILES string of the molecule is [CH]C(=O)CC(C)=O. The highest BCUT2D eigenvalue weighted by Gasteiger charge is 1.95. The van der Waals surface area contributed by atoms with Gasteiger partial charge in [-0.25, -0.2) is 0 Å². The Morgan fingerprint density at radius 3 is 2.00 bits per heavy atom. The molecule has 0 fully saturated rings. The van der Waals surface area contributed by atoms with Gasteiger partial charge in [0.1, 0.15) is 11.6 Å². The van der Waals surface area contributed by atoms with Crippen LogP contribution in [0.2, 0.25) is 0 Å². The van der Waals surface area contributed by atoms with Gasteiger partial charge in [0.05, 0.1) is 6.42 Å². The summed E-state index contributed by atoms with van der Waals surface area (Å²) in [5.74, 6) is -0.750. The molecule has 0 aromatic carbocycles. The lowest BCUT2D eigenvalue weighted by atomic mass is 10.2. The maximum atomic E-state index is 9.95. The van der Waals surface area contributed by atoms with Crippen LogP contribution in [0.5, 0.6) is 0 Å². The Morgan fingerprint density at radius 1 is 1.57 bits per heavy atom. The molecule has 7 heavy (non-hydrogen) atoms. The van der Waals surface area contributed by atoms with Crippen LogP contribution in [0.15, 0.2) is 0 Å². The van der Waals surface area contributed by atoms with Crippen molar-refractivity contribution < 1.29 is 9.59 Å². The van der Waals surface area contributed by atoms with E-state index in [9.17, 15) is 9.59 Å². The quantitative estimate of drug-likeness (QED) is 0.464. The third-order valence-electron chi connectivity index (χ3n) is 0.423. The molecule has 2 heteroatoms. The highest BCUT2D eigenvalue weighted by molar-refractivity contribution is 5.99. The molecule has 0 saturated carbocycles. The number of carbonyl (C=O) groups excluding carboxylic acids is 2. The number of rotatable bonds is 2. The summed E-state index contributed by atoms with van der Waals surface area (Å²) in [7, 11) is 0. The van der Waals surface area contributed by atoms with Gasteiger partial charge >= 0.3 is 0 Å². The molecule has 0 aromatic rings. The first-order valence-corrected chi connectivity index (χ1v) is 1.90. The third-order valence-corrected chi connectivity index (χ3v) is 0.423. The summed E-state index contributed by atoms with van der Waals surface area (Å²) in [4.78, 5) is 19.8. The maximum Gasteiger partial charge on any atom is 0.144 e. The minimum Gasteiger partial charge on any atom is -0.300 e. The number of hydrogen-bond acceptors (Lipinski definition) is 2. The Labute approximate surface area is 42.5 Å². The lowest BCUT2D eigenvalue weighted by molar-refractivity contribution is -0.123. The van der Waals surface area contributed by atoms with Gasteiger partial charge in [-0.15, -0.1) is 0 Å². The van der Waals surface area contributed by atoms with Crippen molar-refractivity contribution >= 4 is 11.6 Å². The van der Waals surface area contributed by atoms with Gasteiger partial charge in [0.15, 0.2) is 0 Å². The number of ketones is 2. The highest BCUT2D eigenvalue weighted by atomic mass is 16.1. The van der Waals surface area contributed by atoms with Gasteiger partial charge in [-0.3, -0.25) is 9.59 Å². The van der Waals surface area contributed by atoms with E-state index in [0.717, 1.165) is 0 Å². The fourth-order valence-corrected chi connectivity index (χ4v) is 0.245. The van der Waals surface area contributed by atoms with Gasteiger partial charge in [-0.2, -0.15) is 0 Å². The molecule has 0 atom stereocenters. The average Bonchev–Trinajstić information content (AvgIpc) is 1.27. The standard InChI is InChI=1S/C5H6O2/c1-4(6)3-5(2)7/h1H,3H2,2H3. The first-order chi connectivity index (χ1) is 3.13. The van der Waals surface area contributed by atoms with Gasteiger partial charge in [-0.1, -0.05) is 0 Å². The molecule has 0 aliphatic heterocycles. The van der Waals surface area contributed by atoms with Crippen LogP contribution in [0, 0.1) is 6.92 Å². The maximum absolute atomic E-state index is 9.95. The highest BCUT2D eigenvalue weighted by Crippen LogP contribution is 1.79. The van der Waals surface area contributed by atoms with Crippen molar-refractivity contribution in [3.63, 3.8) is 0 Å². The predicted octanol–water partition coefficient (Wildman–Crippen LogP) is 0.246. The molecular weight excluding hydrogens is 92.1 g/mol. The Bertz CT molecular complexity index is 82.3. The lowest BCUT2D eigenvalue weighted by Crippen LogP contribution is -1.97. The van der Waals surface area contributed by atoms with Crippen LogP contribution in [0.4, 0.5) is 0 Å². The largest absolute Gasteiger partial charge is 0.300 e. The molecule has 38 valence electrons. The van der Waals surface area contributed by atoms with Crippen molar-refractivity contribution in [2.24, 2.45) is 0 Å². The molecule has 0 saturated heterocycles. The van der Waals surface area contributed by atoms with E-state index in [0.29, 0.717) is 0 Å². The summed E-state index contributed by atoms with van der Waals surface area (Å²) in [5, 5.41) is 0. The molecule has 0 heterocycles. The number of carbonyl (C=O) groups is 2. The van der Waals surface area contributed by atoms with Crippen molar-refractivity contribution in [3.05, 3.63) is 6.92 Å². The van der Waals surface area contributed by atoms with Crippen LogP contribution in [0.3, 0.4) is 0 Å². The molecule has 0 rings (SSSR count). The normalized spacial score (nSPS) is 8.29. The van der Waals surface area contributed by atoms with Crippen molar-refractivity contribution in [1.82, 2.24) is 0 Å². The summed E-state index contributed by atoms with van der Waals surface area (Å²) in [6.45, 7) is 5.96. The Morgan fingerprint density at radius 2 is 2.00 bits per heavy atom. The lowest BCUT2D eigenvalue weighted by Gasteiger charge is -1.81. The van der Waals surface area contributed by atoms with Crippen LogP contribution in [-0.4, -0.2) is 11.6 Å². The van der Waals surface area contributed by atoms with E-state index in [1.807, 2.05) is 0 Å². The second-order valence-electron chi connectivity index (χ2n) is 1.35. The third kappa shape index (κ3) is 5.34. The molecule has 0 bridgehead atoms. The monoisotopic (exact) mass is 98.0 g/mol. The van der Waals surface area contributed by atoms with Crippen molar-refractivity contribution in [2.45, 2.75) is 13.3 Å². The smallest absolute Gasteiger partial charge is 0.144 e. The molecule has 0 unspecified atom stereocenters. The van der Waals surface area contributed by atoms with Crippen molar-refractivity contribution in [2.75, 3.05) is 0 Å². The van der Waals surface area contributed by atoms with Gasteiger partial charge in [0.25, 0.3) is 0 Å². The molecule has 0 aliphatic rings. The fourth-order valence-electron chi connectivity index (χ4n) is 0.245. The minimum atomic E-state index is -0.562. The minimum absolute atomic E-state index is 0.139. The van der Waals surface area contributed by atoms with Crippen LogP contribution >= 0.6 is 0 Å². The second kappa shape index (κ2) is 2.50. The zero-order valence-electron chi connectivity index (χ0n) is 4.10. The fraction of sp³-hybridized carbons (Fsp3) is 0.400. The number of Topliss-reactive ketones (excluding diaryl/α,β-unsaturated/α-hetero) is 2. The second-order valence-corrected chi connectivity index (χ2v) is 1.35. The molecule has 0 N–H and O–H groups in total. The zero-order valence-corrected chi connectivity index (χ0v) is 4.10. The zero-order chi connectivity index (χ0) is 5.86. The number of hydrogen-bond donors (Lipinski definition) is 0. The van der Waals surface area contributed by atoms with Crippen LogP contribution in [-0.2, 0) is 9.59 Å². The predicted molar refractivity (Wildman–Crippen MR) is 24.6 cm³/mol. The van der Waals surface area contributed by atoms with E-state index in [1.54, 1.807) is 0 Å². The van der Waals surface area contributed by atoms with Crippen molar-refractivity contribution in [3.8, 4) is 0 Å². The Hall–Kier alpha value is -0.660. The van der Waals surface area contributed by atoms with Crippen LogP contribution in [0.25, 0.3) is 0 Å². The first kappa shape index (κ1) is 6.34. The molecular formula is C5H6O2. The van der Waals surface area contributed by atoms with Gasteiger partial charge < -0.3 is 0 Å². The summed E-state index contributed by atoms with van der Waals surface area (Å²) < 4.78 is 0. The Kier molecular flexibility index (Phi) is 2.27. The molecule has 0 spiro atoms.